The van der Waals surface area contributed by atoms with E-state index in [1.807, 2.05) is 13.8 Å². The van der Waals surface area contributed by atoms with Gasteiger partial charge in [-0.05, 0) is 66.0 Å². The Morgan fingerprint density at radius 2 is 1.64 bits per heavy atom. The van der Waals surface area contributed by atoms with Gasteiger partial charge in [0.25, 0.3) is 0 Å². The van der Waals surface area contributed by atoms with Gasteiger partial charge >= 0.3 is 0 Å². The third-order valence-electron chi connectivity index (χ3n) is 5.02. The van der Waals surface area contributed by atoms with Crippen molar-refractivity contribution in [1.82, 2.24) is 4.72 Å². The lowest BCUT2D eigenvalue weighted by atomic mass is 10.0. The number of sulfonamides is 1. The van der Waals surface area contributed by atoms with Crippen molar-refractivity contribution in [2.24, 2.45) is 0 Å². The first-order chi connectivity index (χ1) is 13.2. The van der Waals surface area contributed by atoms with Crippen LogP contribution in [0.25, 0.3) is 0 Å². The van der Waals surface area contributed by atoms with E-state index in [4.69, 9.17) is 4.74 Å². The van der Waals surface area contributed by atoms with Crippen molar-refractivity contribution in [2.75, 3.05) is 13.7 Å². The first-order valence-corrected chi connectivity index (χ1v) is 11.4. The Morgan fingerprint density at radius 1 is 1.00 bits per heavy atom. The SMILES string of the molecule is COc1cc(C)c(S(=O)(=O)NCCCc2ccc(C(C)C)cc2)cc1C(C)C. The number of rotatable bonds is 9. The van der Waals surface area contributed by atoms with Crippen molar-refractivity contribution < 1.29 is 13.2 Å². The van der Waals surface area contributed by atoms with E-state index in [0.29, 0.717) is 22.9 Å². The largest absolute Gasteiger partial charge is 0.496 e. The topological polar surface area (TPSA) is 55.4 Å². The molecular weight excluding hydrogens is 370 g/mol. The van der Waals surface area contributed by atoms with Crippen LogP contribution in [0.15, 0.2) is 41.3 Å². The van der Waals surface area contributed by atoms with E-state index in [-0.39, 0.29) is 5.92 Å². The molecule has 0 heterocycles. The van der Waals surface area contributed by atoms with Gasteiger partial charge in [0.15, 0.2) is 0 Å². The quantitative estimate of drug-likeness (QED) is 0.588. The third-order valence-corrected chi connectivity index (χ3v) is 6.62. The molecule has 0 atom stereocenters. The molecule has 0 amide bonds. The first kappa shape index (κ1) is 22.4. The van der Waals surface area contributed by atoms with Gasteiger partial charge in [-0.15, -0.1) is 0 Å². The molecule has 0 unspecified atom stereocenters. The van der Waals surface area contributed by atoms with E-state index in [9.17, 15) is 8.42 Å². The molecular formula is C23H33NO3S. The van der Waals surface area contributed by atoms with Gasteiger partial charge < -0.3 is 4.74 Å². The molecule has 0 spiro atoms. The Hall–Kier alpha value is -1.85. The molecule has 5 heteroatoms. The minimum absolute atomic E-state index is 0.179. The molecule has 1 N–H and O–H groups in total. The van der Waals surface area contributed by atoms with E-state index >= 15 is 0 Å². The molecule has 0 saturated carbocycles. The van der Waals surface area contributed by atoms with Gasteiger partial charge in [-0.3, -0.25) is 0 Å². The minimum atomic E-state index is -3.55. The molecule has 0 bridgehead atoms. The molecule has 0 saturated heterocycles. The van der Waals surface area contributed by atoms with E-state index in [1.54, 1.807) is 26.2 Å². The van der Waals surface area contributed by atoms with Crippen LogP contribution in [0.2, 0.25) is 0 Å². The van der Waals surface area contributed by atoms with Crippen molar-refractivity contribution >= 4 is 10.0 Å². The lowest BCUT2D eigenvalue weighted by molar-refractivity contribution is 0.406. The molecule has 0 fully saturated rings. The van der Waals surface area contributed by atoms with Crippen LogP contribution >= 0.6 is 0 Å². The maximum atomic E-state index is 12.8. The number of benzene rings is 2. The average molecular weight is 404 g/mol. The average Bonchev–Trinajstić information content (AvgIpc) is 2.64. The maximum Gasteiger partial charge on any atom is 0.240 e. The minimum Gasteiger partial charge on any atom is -0.496 e. The number of nitrogens with one attached hydrogen (secondary N) is 1. The van der Waals surface area contributed by atoms with Gasteiger partial charge in [0.1, 0.15) is 5.75 Å². The number of hydrogen-bond acceptors (Lipinski definition) is 3. The van der Waals surface area contributed by atoms with Crippen molar-refractivity contribution in [3.8, 4) is 5.75 Å². The summed E-state index contributed by atoms with van der Waals surface area (Å²) in [5.41, 5.74) is 4.14. The third kappa shape index (κ3) is 5.58. The first-order valence-electron chi connectivity index (χ1n) is 9.92. The van der Waals surface area contributed by atoms with Crippen molar-refractivity contribution in [3.05, 3.63) is 58.7 Å². The van der Waals surface area contributed by atoms with Crippen LogP contribution < -0.4 is 9.46 Å². The molecule has 28 heavy (non-hydrogen) atoms. The Labute approximate surface area is 170 Å². The lowest BCUT2D eigenvalue weighted by Crippen LogP contribution is -2.26. The highest BCUT2D eigenvalue weighted by Gasteiger charge is 2.20. The molecule has 0 aliphatic heterocycles. The van der Waals surface area contributed by atoms with Crippen molar-refractivity contribution in [1.29, 1.82) is 0 Å². The van der Waals surface area contributed by atoms with Gasteiger partial charge in [-0.25, -0.2) is 13.1 Å². The predicted molar refractivity (Wildman–Crippen MR) is 116 cm³/mol. The van der Waals surface area contributed by atoms with Crippen LogP contribution in [0, 0.1) is 6.92 Å². The summed E-state index contributed by atoms with van der Waals surface area (Å²) in [5, 5.41) is 0. The fraction of sp³-hybridized carbons (Fsp3) is 0.478. The number of aryl methyl sites for hydroxylation is 2. The van der Waals surface area contributed by atoms with Crippen LogP contribution in [-0.4, -0.2) is 22.1 Å². The second kappa shape index (κ2) is 9.57. The number of hydrogen-bond donors (Lipinski definition) is 1. The van der Waals surface area contributed by atoms with Crippen molar-refractivity contribution in [2.45, 2.75) is 64.2 Å². The number of methoxy groups -OCH3 is 1. The summed E-state index contributed by atoms with van der Waals surface area (Å²) in [6, 6.07) is 12.1. The Kier molecular flexibility index (Phi) is 7.67. The smallest absolute Gasteiger partial charge is 0.240 e. The van der Waals surface area contributed by atoms with Crippen LogP contribution in [-0.2, 0) is 16.4 Å². The summed E-state index contributed by atoms with van der Waals surface area (Å²) in [6.07, 6.45) is 1.60. The Balaban J connectivity index is 2.03. The number of ether oxygens (including phenoxy) is 1. The fourth-order valence-electron chi connectivity index (χ4n) is 3.24. The summed E-state index contributed by atoms with van der Waals surface area (Å²) in [4.78, 5) is 0.332. The summed E-state index contributed by atoms with van der Waals surface area (Å²) >= 11 is 0. The van der Waals surface area contributed by atoms with E-state index < -0.39 is 10.0 Å². The van der Waals surface area contributed by atoms with E-state index in [0.717, 1.165) is 24.2 Å². The van der Waals surface area contributed by atoms with E-state index in [2.05, 4.69) is 42.8 Å². The maximum absolute atomic E-state index is 12.8. The van der Waals surface area contributed by atoms with Crippen LogP contribution in [0.5, 0.6) is 5.75 Å². The second-order valence-electron chi connectivity index (χ2n) is 7.91. The molecule has 154 valence electrons. The zero-order valence-corrected chi connectivity index (χ0v) is 18.7. The molecule has 0 radical (unpaired) electrons. The second-order valence-corrected chi connectivity index (χ2v) is 9.65. The molecule has 0 aromatic heterocycles. The normalized spacial score (nSPS) is 12.0. The van der Waals surface area contributed by atoms with Crippen LogP contribution in [0.3, 0.4) is 0 Å². The standard InChI is InChI=1S/C23H33NO3S/c1-16(2)20-11-9-19(10-12-20)8-7-13-24-28(25,26)23-15-21(17(3)4)22(27-6)14-18(23)5/h9-12,14-17,24H,7-8,13H2,1-6H3. The van der Waals surface area contributed by atoms with Crippen LogP contribution in [0.4, 0.5) is 0 Å². The zero-order chi connectivity index (χ0) is 20.9. The summed E-state index contributed by atoms with van der Waals surface area (Å²) in [6.45, 7) is 10.6. The van der Waals surface area contributed by atoms with Gasteiger partial charge in [0.2, 0.25) is 10.0 Å². The van der Waals surface area contributed by atoms with Gasteiger partial charge in [0.05, 0.1) is 12.0 Å². The van der Waals surface area contributed by atoms with Gasteiger partial charge in [-0.1, -0.05) is 52.0 Å². The molecule has 0 aliphatic carbocycles. The highest BCUT2D eigenvalue weighted by molar-refractivity contribution is 7.89. The molecule has 2 aromatic rings. The highest BCUT2D eigenvalue weighted by atomic mass is 32.2. The van der Waals surface area contributed by atoms with Crippen LogP contribution in [0.1, 0.15) is 68.2 Å². The monoisotopic (exact) mass is 403 g/mol. The molecule has 2 aromatic carbocycles. The zero-order valence-electron chi connectivity index (χ0n) is 17.9. The van der Waals surface area contributed by atoms with Gasteiger partial charge in [-0.2, -0.15) is 0 Å². The molecule has 4 nitrogen and oxygen atoms in total. The summed E-state index contributed by atoms with van der Waals surface area (Å²) < 4.78 is 33.8. The lowest BCUT2D eigenvalue weighted by Gasteiger charge is -2.16. The Morgan fingerprint density at radius 3 is 2.18 bits per heavy atom. The predicted octanol–water partition coefficient (Wildman–Crippen LogP) is 5.16. The van der Waals surface area contributed by atoms with E-state index in [1.165, 1.54) is 11.1 Å². The van der Waals surface area contributed by atoms with Gasteiger partial charge in [0, 0.05) is 6.54 Å². The highest BCUT2D eigenvalue weighted by Crippen LogP contribution is 2.31. The summed E-state index contributed by atoms with van der Waals surface area (Å²) in [7, 11) is -1.94. The Bertz CT molecular complexity index is 885. The molecule has 0 aliphatic rings. The molecule has 2 rings (SSSR count). The fourth-order valence-corrected chi connectivity index (χ4v) is 4.57. The summed E-state index contributed by atoms with van der Waals surface area (Å²) in [5.74, 6) is 1.43. The van der Waals surface area contributed by atoms with Crippen molar-refractivity contribution in [3.63, 3.8) is 0 Å².